The first-order valence-corrected chi connectivity index (χ1v) is 12.7. The highest BCUT2D eigenvalue weighted by Gasteiger charge is 2.16. The van der Waals surface area contributed by atoms with E-state index in [1.54, 1.807) is 4.57 Å². The second-order valence-electron chi connectivity index (χ2n) is 7.36. The van der Waals surface area contributed by atoms with E-state index in [-0.39, 0.29) is 30.0 Å². The Bertz CT molecular complexity index is 1340. The van der Waals surface area contributed by atoms with Gasteiger partial charge in [-0.1, -0.05) is 29.0 Å². The van der Waals surface area contributed by atoms with Crippen molar-refractivity contribution < 1.29 is 22.7 Å². The molecule has 0 atom stereocenters. The number of benzene rings is 2. The number of sulfone groups is 1. The van der Waals surface area contributed by atoms with Gasteiger partial charge in [0.25, 0.3) is 0 Å². The van der Waals surface area contributed by atoms with Crippen LogP contribution in [0.25, 0.3) is 10.2 Å². The molecule has 3 aromatic rings. The minimum atomic E-state index is -3.52. The van der Waals surface area contributed by atoms with Gasteiger partial charge in [0, 0.05) is 11.4 Å². The fraction of sp³-hybridized carbons (Fsp3) is 0.318. The Kier molecular flexibility index (Phi) is 7.53. The third-order valence-electron chi connectivity index (χ3n) is 4.83. The minimum absolute atomic E-state index is 0.0305. The summed E-state index contributed by atoms with van der Waals surface area (Å²) in [6.45, 7) is 3.84. The van der Waals surface area contributed by atoms with E-state index >= 15 is 0 Å². The van der Waals surface area contributed by atoms with Gasteiger partial charge in [0.15, 0.2) is 14.6 Å². The molecule has 0 bridgehead atoms. The number of thiazole rings is 1. The summed E-state index contributed by atoms with van der Waals surface area (Å²) in [6, 6.07) is 9.88. The van der Waals surface area contributed by atoms with Crippen LogP contribution in [0.1, 0.15) is 24.0 Å². The molecule has 3 rings (SSSR count). The first kappa shape index (κ1) is 24.2. The molecule has 170 valence electrons. The standard InChI is InChI=1S/C22H23ClN2O5S2/c1-14-11-15(2)21-18(12-14)25(13-20(27)30-3)22(31-21)24-19(26)5-4-10-32(28,29)17-8-6-16(23)7-9-17/h6-9,11-12H,4-5,10,13H2,1-3H3. The third-order valence-corrected chi connectivity index (χ3v) is 8.12. The molecule has 1 heterocycles. The van der Waals surface area contributed by atoms with Crippen LogP contribution in [0.2, 0.25) is 5.02 Å². The van der Waals surface area contributed by atoms with Crippen molar-refractivity contribution in [2.75, 3.05) is 12.9 Å². The van der Waals surface area contributed by atoms with E-state index in [2.05, 4.69) is 4.99 Å². The first-order valence-electron chi connectivity index (χ1n) is 9.84. The van der Waals surface area contributed by atoms with Crippen molar-refractivity contribution in [2.45, 2.75) is 38.1 Å². The summed E-state index contributed by atoms with van der Waals surface area (Å²) in [6.07, 6.45) is 0.102. The largest absolute Gasteiger partial charge is 0.468 e. The molecule has 0 saturated heterocycles. The normalized spacial score (nSPS) is 12.3. The lowest BCUT2D eigenvalue weighted by molar-refractivity contribution is -0.141. The Hall–Kier alpha value is -2.49. The number of esters is 1. The third kappa shape index (κ3) is 5.65. The van der Waals surface area contributed by atoms with E-state index < -0.39 is 21.7 Å². The lowest BCUT2D eigenvalue weighted by atomic mass is 10.1. The molecular formula is C22H23ClN2O5S2. The van der Waals surface area contributed by atoms with Crippen molar-refractivity contribution in [1.29, 1.82) is 0 Å². The number of halogens is 1. The average Bonchev–Trinajstić information content (AvgIpc) is 3.05. The highest BCUT2D eigenvalue weighted by Crippen LogP contribution is 2.23. The summed E-state index contributed by atoms with van der Waals surface area (Å²) >= 11 is 7.12. The molecule has 0 radical (unpaired) electrons. The molecule has 0 fully saturated rings. The fourth-order valence-corrected chi connectivity index (χ4v) is 5.81. The zero-order valence-electron chi connectivity index (χ0n) is 17.9. The van der Waals surface area contributed by atoms with Crippen LogP contribution < -0.4 is 4.80 Å². The highest BCUT2D eigenvalue weighted by molar-refractivity contribution is 7.91. The van der Waals surface area contributed by atoms with Gasteiger partial charge in [-0.15, -0.1) is 0 Å². The van der Waals surface area contributed by atoms with Crippen LogP contribution in [0, 0.1) is 13.8 Å². The van der Waals surface area contributed by atoms with Crippen LogP contribution in [0.15, 0.2) is 46.3 Å². The summed E-state index contributed by atoms with van der Waals surface area (Å²) in [4.78, 5) is 29.2. The average molecular weight is 495 g/mol. The Labute approximate surface area is 195 Å². The molecule has 0 aliphatic carbocycles. The molecule has 0 saturated carbocycles. The van der Waals surface area contributed by atoms with E-state index in [0.29, 0.717) is 9.82 Å². The van der Waals surface area contributed by atoms with Crippen LogP contribution in [-0.2, 0) is 30.7 Å². The maximum absolute atomic E-state index is 12.5. The summed E-state index contributed by atoms with van der Waals surface area (Å²) in [5, 5.41) is 0.451. The Morgan fingerprint density at radius 2 is 1.84 bits per heavy atom. The molecule has 0 aliphatic rings. The van der Waals surface area contributed by atoms with E-state index in [1.807, 2.05) is 26.0 Å². The molecule has 1 amide bonds. The van der Waals surface area contributed by atoms with Gasteiger partial charge in [0.05, 0.1) is 28.0 Å². The lowest BCUT2D eigenvalue weighted by Gasteiger charge is -2.05. The molecule has 2 aromatic carbocycles. The van der Waals surface area contributed by atoms with E-state index in [4.69, 9.17) is 16.3 Å². The van der Waals surface area contributed by atoms with E-state index in [0.717, 1.165) is 21.3 Å². The van der Waals surface area contributed by atoms with Gasteiger partial charge in [-0.2, -0.15) is 4.99 Å². The molecule has 1 aromatic heterocycles. The maximum atomic E-state index is 12.5. The number of carbonyl (C=O) groups excluding carboxylic acids is 2. The number of hydrogen-bond donors (Lipinski definition) is 0. The minimum Gasteiger partial charge on any atom is -0.468 e. The van der Waals surface area contributed by atoms with Crippen LogP contribution in [0.3, 0.4) is 0 Å². The highest BCUT2D eigenvalue weighted by atomic mass is 35.5. The van der Waals surface area contributed by atoms with Crippen molar-refractivity contribution in [1.82, 2.24) is 4.57 Å². The van der Waals surface area contributed by atoms with Crippen LogP contribution in [-0.4, -0.2) is 37.7 Å². The number of fused-ring (bicyclic) bond motifs is 1. The van der Waals surface area contributed by atoms with Crippen molar-refractivity contribution in [3.05, 3.63) is 57.3 Å². The SMILES string of the molecule is COC(=O)Cn1c(=NC(=O)CCCS(=O)(=O)c2ccc(Cl)cc2)sc2c(C)cc(C)cc21. The maximum Gasteiger partial charge on any atom is 0.325 e. The number of ether oxygens (including phenoxy) is 1. The topological polar surface area (TPSA) is 94.8 Å². The number of hydrogen-bond acceptors (Lipinski definition) is 6. The predicted octanol–water partition coefficient (Wildman–Crippen LogP) is 3.83. The van der Waals surface area contributed by atoms with E-state index in [9.17, 15) is 18.0 Å². The number of rotatable bonds is 7. The number of carbonyl (C=O) groups is 2. The quantitative estimate of drug-likeness (QED) is 0.465. The molecular weight excluding hydrogens is 472 g/mol. The van der Waals surface area contributed by atoms with Gasteiger partial charge in [-0.25, -0.2) is 8.42 Å². The Morgan fingerprint density at radius 3 is 2.50 bits per heavy atom. The summed E-state index contributed by atoms with van der Waals surface area (Å²) in [7, 11) is -2.22. The lowest BCUT2D eigenvalue weighted by Crippen LogP contribution is -2.22. The number of amides is 1. The molecule has 7 nitrogen and oxygen atoms in total. The summed E-state index contributed by atoms with van der Waals surface area (Å²) in [5.74, 6) is -1.08. The van der Waals surface area contributed by atoms with Gasteiger partial charge < -0.3 is 9.30 Å². The van der Waals surface area contributed by atoms with Gasteiger partial charge in [-0.3, -0.25) is 9.59 Å². The molecule has 0 N–H and O–H groups in total. The Morgan fingerprint density at radius 1 is 1.16 bits per heavy atom. The molecule has 0 unspecified atom stereocenters. The number of nitrogens with zero attached hydrogens (tertiary/aromatic N) is 2. The van der Waals surface area contributed by atoms with Gasteiger partial charge in [-0.05, 0) is 61.7 Å². The second-order valence-corrected chi connectivity index (χ2v) is 10.9. The molecule has 32 heavy (non-hydrogen) atoms. The van der Waals surface area contributed by atoms with Crippen LogP contribution >= 0.6 is 22.9 Å². The fourth-order valence-electron chi connectivity index (χ4n) is 3.28. The Balaban J connectivity index is 1.82. The molecule has 0 aliphatic heterocycles. The second kappa shape index (κ2) is 9.97. The van der Waals surface area contributed by atoms with E-state index in [1.165, 1.54) is 42.7 Å². The van der Waals surface area contributed by atoms with Crippen molar-refractivity contribution in [2.24, 2.45) is 4.99 Å². The van der Waals surface area contributed by atoms with Crippen molar-refractivity contribution in [3.63, 3.8) is 0 Å². The zero-order valence-corrected chi connectivity index (χ0v) is 20.3. The molecule has 10 heteroatoms. The van der Waals surface area contributed by atoms with Crippen LogP contribution in [0.4, 0.5) is 0 Å². The number of aromatic nitrogens is 1. The first-order chi connectivity index (χ1) is 15.1. The number of methoxy groups -OCH3 is 1. The molecule has 0 spiro atoms. The summed E-state index contributed by atoms with van der Waals surface area (Å²) in [5.41, 5.74) is 2.85. The predicted molar refractivity (Wildman–Crippen MR) is 125 cm³/mol. The zero-order chi connectivity index (χ0) is 23.5. The smallest absolute Gasteiger partial charge is 0.325 e. The van der Waals surface area contributed by atoms with Gasteiger partial charge >= 0.3 is 5.97 Å². The van der Waals surface area contributed by atoms with Crippen molar-refractivity contribution in [3.8, 4) is 0 Å². The van der Waals surface area contributed by atoms with Gasteiger partial charge in [0.1, 0.15) is 6.54 Å². The summed E-state index contributed by atoms with van der Waals surface area (Å²) < 4.78 is 32.3. The van der Waals surface area contributed by atoms with Gasteiger partial charge in [0.2, 0.25) is 5.91 Å². The monoisotopic (exact) mass is 494 g/mol. The van der Waals surface area contributed by atoms with Crippen molar-refractivity contribution >= 4 is 54.9 Å². The van der Waals surface area contributed by atoms with Crippen LogP contribution in [0.5, 0.6) is 0 Å². The number of aryl methyl sites for hydroxylation is 2.